The van der Waals surface area contributed by atoms with Crippen molar-refractivity contribution in [2.75, 3.05) is 7.11 Å². The monoisotopic (exact) mass is 293 g/mol. The number of rotatable bonds is 4. The summed E-state index contributed by atoms with van der Waals surface area (Å²) in [6.07, 6.45) is 1.29. The molecule has 1 aromatic rings. The molecular formula is C15H23NO3Si. The number of methoxy groups -OCH3 is 1. The Hall–Kier alpha value is -1.33. The van der Waals surface area contributed by atoms with Crippen molar-refractivity contribution in [3.63, 3.8) is 0 Å². The van der Waals surface area contributed by atoms with Crippen LogP contribution in [0.1, 0.15) is 18.4 Å². The number of nitrogens with two attached hydrogens (primary N) is 1. The van der Waals surface area contributed by atoms with Crippen LogP contribution in [0, 0.1) is 5.92 Å². The zero-order valence-electron chi connectivity index (χ0n) is 12.6. The van der Waals surface area contributed by atoms with E-state index < -0.39 is 13.9 Å². The van der Waals surface area contributed by atoms with E-state index in [0.717, 1.165) is 11.3 Å². The molecule has 1 aromatic carbocycles. The summed E-state index contributed by atoms with van der Waals surface area (Å²) >= 11 is 0. The number of carbonyl (C=O) groups excluding carboxylic acids is 1. The van der Waals surface area contributed by atoms with Crippen molar-refractivity contribution < 1.29 is 14.0 Å². The summed E-state index contributed by atoms with van der Waals surface area (Å²) in [6.45, 7) is 6.45. The molecule has 4 nitrogen and oxygen atoms in total. The van der Waals surface area contributed by atoms with Gasteiger partial charge in [-0.3, -0.25) is 4.79 Å². The van der Waals surface area contributed by atoms with Crippen molar-refractivity contribution in [2.24, 2.45) is 11.7 Å². The molecule has 0 radical (unpaired) electrons. The minimum Gasteiger partial charge on any atom is -0.544 e. The van der Waals surface area contributed by atoms with Crippen LogP contribution in [-0.4, -0.2) is 21.4 Å². The second kappa shape index (κ2) is 5.22. The van der Waals surface area contributed by atoms with Crippen molar-refractivity contribution in [1.29, 1.82) is 0 Å². The molecule has 20 heavy (non-hydrogen) atoms. The summed E-state index contributed by atoms with van der Waals surface area (Å²) in [5, 5.41) is 0. The predicted molar refractivity (Wildman–Crippen MR) is 81.0 cm³/mol. The van der Waals surface area contributed by atoms with Crippen LogP contribution < -0.4 is 10.2 Å². The average Bonchev–Trinajstić information content (AvgIpc) is 2.33. The Kier molecular flexibility index (Phi) is 3.93. The number of benzene rings is 1. The maximum atomic E-state index is 11.4. The first kappa shape index (κ1) is 15.1. The van der Waals surface area contributed by atoms with E-state index in [9.17, 15) is 4.79 Å². The Morgan fingerprint density at radius 3 is 2.25 bits per heavy atom. The Balaban J connectivity index is 2.03. The van der Waals surface area contributed by atoms with Crippen LogP contribution in [0.15, 0.2) is 24.3 Å². The van der Waals surface area contributed by atoms with Crippen LogP contribution in [0.25, 0.3) is 0 Å². The standard InChI is InChI=1S/C15H23NO3Si/c1-18-14(17)11-9-15(16,10-11)12-5-7-13(8-6-12)19-20(2,3)4/h5-8,11H,9-10,16H2,1-4H3. The van der Waals surface area contributed by atoms with Gasteiger partial charge in [-0.05, 0) is 50.2 Å². The Bertz CT molecular complexity index is 487. The topological polar surface area (TPSA) is 61.5 Å². The molecule has 1 fully saturated rings. The summed E-state index contributed by atoms with van der Waals surface area (Å²) in [5.41, 5.74) is 6.99. The van der Waals surface area contributed by atoms with Crippen LogP contribution >= 0.6 is 0 Å². The van der Waals surface area contributed by atoms with Gasteiger partial charge >= 0.3 is 5.97 Å². The second-order valence-corrected chi connectivity index (χ2v) is 11.0. The lowest BCUT2D eigenvalue weighted by Crippen LogP contribution is -2.51. The predicted octanol–water partition coefficient (Wildman–Crippen LogP) is 2.64. The molecule has 0 bridgehead atoms. The molecule has 5 heteroatoms. The molecule has 110 valence electrons. The van der Waals surface area contributed by atoms with Crippen molar-refractivity contribution in [2.45, 2.75) is 38.0 Å². The lowest BCUT2D eigenvalue weighted by molar-refractivity contribution is -0.151. The Morgan fingerprint density at radius 1 is 1.25 bits per heavy atom. The van der Waals surface area contributed by atoms with Crippen molar-refractivity contribution in [3.05, 3.63) is 29.8 Å². The van der Waals surface area contributed by atoms with Gasteiger partial charge in [0, 0.05) is 5.54 Å². The summed E-state index contributed by atoms with van der Waals surface area (Å²) < 4.78 is 10.7. The number of carbonyl (C=O) groups is 1. The van der Waals surface area contributed by atoms with E-state index in [4.69, 9.17) is 14.9 Å². The van der Waals surface area contributed by atoms with Crippen molar-refractivity contribution in [3.8, 4) is 5.75 Å². The zero-order chi connectivity index (χ0) is 15.0. The van der Waals surface area contributed by atoms with Crippen LogP contribution in [-0.2, 0) is 15.1 Å². The first-order valence-electron chi connectivity index (χ1n) is 6.90. The lowest BCUT2D eigenvalue weighted by Gasteiger charge is -2.43. The van der Waals surface area contributed by atoms with Crippen LogP contribution in [0.3, 0.4) is 0 Å². The molecule has 0 atom stereocenters. The average molecular weight is 293 g/mol. The molecule has 0 unspecified atom stereocenters. The van der Waals surface area contributed by atoms with E-state index in [0.29, 0.717) is 12.8 Å². The van der Waals surface area contributed by atoms with Crippen LogP contribution in [0.2, 0.25) is 19.6 Å². The highest BCUT2D eigenvalue weighted by Crippen LogP contribution is 2.44. The molecule has 0 spiro atoms. The highest BCUT2D eigenvalue weighted by Gasteiger charge is 2.46. The fraction of sp³-hybridized carbons (Fsp3) is 0.533. The zero-order valence-corrected chi connectivity index (χ0v) is 13.6. The maximum absolute atomic E-state index is 11.4. The van der Waals surface area contributed by atoms with Crippen LogP contribution in [0.5, 0.6) is 5.75 Å². The lowest BCUT2D eigenvalue weighted by atomic mass is 9.65. The van der Waals surface area contributed by atoms with Gasteiger partial charge in [0.05, 0.1) is 13.0 Å². The molecule has 2 rings (SSSR count). The molecule has 0 heterocycles. The molecule has 0 aliphatic heterocycles. The van der Waals surface area contributed by atoms with Gasteiger partial charge in [0.2, 0.25) is 8.32 Å². The van der Waals surface area contributed by atoms with Gasteiger partial charge in [0.25, 0.3) is 0 Å². The van der Waals surface area contributed by atoms with E-state index >= 15 is 0 Å². The van der Waals surface area contributed by atoms with E-state index in [1.165, 1.54) is 7.11 Å². The summed E-state index contributed by atoms with van der Waals surface area (Å²) in [6, 6.07) is 7.94. The maximum Gasteiger partial charge on any atom is 0.308 e. The van der Waals surface area contributed by atoms with Gasteiger partial charge in [0.1, 0.15) is 5.75 Å². The molecule has 1 aliphatic rings. The molecule has 1 saturated carbocycles. The molecular weight excluding hydrogens is 270 g/mol. The fourth-order valence-corrected chi connectivity index (χ4v) is 3.44. The minimum atomic E-state index is -1.58. The highest BCUT2D eigenvalue weighted by atomic mass is 28.4. The van der Waals surface area contributed by atoms with Gasteiger partial charge < -0.3 is 14.9 Å². The van der Waals surface area contributed by atoms with Gasteiger partial charge in [0.15, 0.2) is 0 Å². The van der Waals surface area contributed by atoms with Crippen molar-refractivity contribution in [1.82, 2.24) is 0 Å². The Morgan fingerprint density at radius 2 is 1.80 bits per heavy atom. The first-order chi connectivity index (χ1) is 9.23. The number of hydrogen-bond acceptors (Lipinski definition) is 4. The third kappa shape index (κ3) is 3.22. The van der Waals surface area contributed by atoms with Gasteiger partial charge in [-0.15, -0.1) is 0 Å². The summed E-state index contributed by atoms with van der Waals surface area (Å²) in [5.74, 6) is 0.660. The second-order valence-electron chi connectivity index (χ2n) is 6.52. The van der Waals surface area contributed by atoms with Gasteiger partial charge in [-0.2, -0.15) is 0 Å². The Labute approximate surface area is 121 Å². The summed E-state index contributed by atoms with van der Waals surface area (Å²) in [7, 11) is -0.161. The molecule has 1 aliphatic carbocycles. The normalized spacial score (nSPS) is 25.8. The number of esters is 1. The quantitative estimate of drug-likeness (QED) is 0.685. The third-order valence-corrected chi connectivity index (χ3v) is 4.46. The molecule has 0 saturated heterocycles. The van der Waals surface area contributed by atoms with Gasteiger partial charge in [-0.1, -0.05) is 12.1 Å². The van der Waals surface area contributed by atoms with Crippen LogP contribution in [0.4, 0.5) is 0 Å². The SMILES string of the molecule is COC(=O)C1CC(N)(c2ccc(O[Si](C)(C)C)cc2)C1. The van der Waals surface area contributed by atoms with E-state index in [2.05, 4.69) is 19.6 Å². The highest BCUT2D eigenvalue weighted by molar-refractivity contribution is 6.70. The molecule has 0 aromatic heterocycles. The molecule has 0 amide bonds. The van der Waals surface area contributed by atoms with E-state index in [1.807, 2.05) is 24.3 Å². The largest absolute Gasteiger partial charge is 0.544 e. The van der Waals surface area contributed by atoms with E-state index in [1.54, 1.807) is 0 Å². The number of hydrogen-bond donors (Lipinski definition) is 1. The van der Waals surface area contributed by atoms with E-state index in [-0.39, 0.29) is 11.9 Å². The minimum absolute atomic E-state index is 0.0668. The smallest absolute Gasteiger partial charge is 0.308 e. The van der Waals surface area contributed by atoms with Gasteiger partial charge in [-0.25, -0.2) is 0 Å². The summed E-state index contributed by atoms with van der Waals surface area (Å²) in [4.78, 5) is 11.4. The number of ether oxygens (including phenoxy) is 1. The first-order valence-corrected chi connectivity index (χ1v) is 10.3. The molecule has 2 N–H and O–H groups in total. The van der Waals surface area contributed by atoms with Crippen molar-refractivity contribution >= 4 is 14.3 Å². The third-order valence-electron chi connectivity index (χ3n) is 3.61. The fourth-order valence-electron chi connectivity index (χ4n) is 2.60.